The Bertz CT molecular complexity index is 638. The van der Waals surface area contributed by atoms with Gasteiger partial charge in [0.25, 0.3) is 5.91 Å². The minimum absolute atomic E-state index is 0.0148. The molecular formula is C16H14BrNO. The van der Waals surface area contributed by atoms with Gasteiger partial charge < -0.3 is 5.32 Å². The van der Waals surface area contributed by atoms with Crippen molar-refractivity contribution in [1.82, 2.24) is 5.32 Å². The summed E-state index contributed by atoms with van der Waals surface area (Å²) in [5, 5.41) is 3.11. The minimum Gasteiger partial charge on any atom is -0.342 e. The van der Waals surface area contributed by atoms with Crippen molar-refractivity contribution in [1.29, 1.82) is 0 Å². The van der Waals surface area contributed by atoms with Crippen LogP contribution in [0.1, 0.15) is 28.4 Å². The Balaban J connectivity index is 2.03. The highest BCUT2D eigenvalue weighted by molar-refractivity contribution is 9.10. The molecule has 1 amide bonds. The van der Waals surface area contributed by atoms with Gasteiger partial charge in [0.1, 0.15) is 0 Å². The second-order valence-electron chi connectivity index (χ2n) is 5.14. The van der Waals surface area contributed by atoms with E-state index < -0.39 is 0 Å². The molecule has 1 N–H and O–H groups in total. The standard InChI is InChI=1S/C16H14BrNO/c1-16(10-11-5-3-2-4-6-11)14-9-12(17)7-8-13(14)15(19)18-16/h2-9H,10H2,1H3,(H,18,19). The maximum Gasteiger partial charge on any atom is 0.252 e. The Hall–Kier alpha value is -1.61. The summed E-state index contributed by atoms with van der Waals surface area (Å²) >= 11 is 3.48. The van der Waals surface area contributed by atoms with E-state index in [2.05, 4.69) is 40.3 Å². The molecule has 1 aliphatic heterocycles. The van der Waals surface area contributed by atoms with Crippen LogP contribution in [0.15, 0.2) is 53.0 Å². The van der Waals surface area contributed by atoms with Crippen LogP contribution in [0.25, 0.3) is 0 Å². The first-order chi connectivity index (χ1) is 9.08. The monoisotopic (exact) mass is 315 g/mol. The lowest BCUT2D eigenvalue weighted by Crippen LogP contribution is -2.38. The molecule has 0 aromatic heterocycles. The van der Waals surface area contributed by atoms with E-state index in [1.54, 1.807) is 0 Å². The quantitative estimate of drug-likeness (QED) is 0.900. The van der Waals surface area contributed by atoms with Crippen molar-refractivity contribution in [2.24, 2.45) is 0 Å². The van der Waals surface area contributed by atoms with Crippen molar-refractivity contribution in [3.05, 3.63) is 69.7 Å². The summed E-state index contributed by atoms with van der Waals surface area (Å²) in [7, 11) is 0. The van der Waals surface area contributed by atoms with Crippen molar-refractivity contribution in [2.45, 2.75) is 18.9 Å². The number of carbonyl (C=O) groups excluding carboxylic acids is 1. The van der Waals surface area contributed by atoms with Crippen molar-refractivity contribution in [3.8, 4) is 0 Å². The van der Waals surface area contributed by atoms with Crippen LogP contribution in [0, 0.1) is 0 Å². The number of rotatable bonds is 2. The molecule has 3 rings (SSSR count). The molecule has 2 nitrogen and oxygen atoms in total. The van der Waals surface area contributed by atoms with Crippen LogP contribution in [0.2, 0.25) is 0 Å². The Morgan fingerprint density at radius 1 is 1.16 bits per heavy atom. The number of nitrogens with one attached hydrogen (secondary N) is 1. The Morgan fingerprint density at radius 3 is 2.63 bits per heavy atom. The molecule has 0 saturated heterocycles. The van der Waals surface area contributed by atoms with Crippen LogP contribution in [-0.2, 0) is 12.0 Å². The van der Waals surface area contributed by atoms with E-state index in [-0.39, 0.29) is 11.4 Å². The zero-order valence-corrected chi connectivity index (χ0v) is 12.2. The molecule has 1 aliphatic rings. The molecule has 1 atom stereocenters. The fourth-order valence-electron chi connectivity index (χ4n) is 2.70. The van der Waals surface area contributed by atoms with Gasteiger partial charge in [-0.05, 0) is 42.7 Å². The molecule has 0 spiro atoms. The molecular weight excluding hydrogens is 302 g/mol. The smallest absolute Gasteiger partial charge is 0.252 e. The molecule has 1 unspecified atom stereocenters. The van der Waals surface area contributed by atoms with Crippen LogP contribution in [0.5, 0.6) is 0 Å². The maximum atomic E-state index is 12.1. The number of fused-ring (bicyclic) bond motifs is 1. The Labute approximate surface area is 121 Å². The molecule has 0 fully saturated rings. The van der Waals surface area contributed by atoms with E-state index in [4.69, 9.17) is 0 Å². The lowest BCUT2D eigenvalue weighted by Gasteiger charge is -2.26. The van der Waals surface area contributed by atoms with Gasteiger partial charge >= 0.3 is 0 Å². The first-order valence-electron chi connectivity index (χ1n) is 6.25. The highest BCUT2D eigenvalue weighted by Gasteiger charge is 2.38. The molecule has 0 aliphatic carbocycles. The molecule has 2 aromatic carbocycles. The summed E-state index contributed by atoms with van der Waals surface area (Å²) in [6, 6.07) is 16.1. The number of carbonyl (C=O) groups is 1. The average molecular weight is 316 g/mol. The predicted molar refractivity (Wildman–Crippen MR) is 79.1 cm³/mol. The van der Waals surface area contributed by atoms with Crippen LogP contribution in [-0.4, -0.2) is 5.91 Å². The number of amides is 1. The van der Waals surface area contributed by atoms with Crippen LogP contribution in [0.4, 0.5) is 0 Å². The molecule has 3 heteroatoms. The normalized spacial score (nSPS) is 21.1. The van der Waals surface area contributed by atoms with Crippen molar-refractivity contribution >= 4 is 21.8 Å². The summed E-state index contributed by atoms with van der Waals surface area (Å²) < 4.78 is 1.00. The van der Waals surface area contributed by atoms with Gasteiger partial charge in [-0.3, -0.25) is 4.79 Å². The molecule has 0 saturated carbocycles. The van der Waals surface area contributed by atoms with E-state index >= 15 is 0 Å². The van der Waals surface area contributed by atoms with Crippen LogP contribution < -0.4 is 5.32 Å². The van der Waals surface area contributed by atoms with Gasteiger partial charge in [0.15, 0.2) is 0 Å². The van der Waals surface area contributed by atoms with Gasteiger partial charge in [-0.2, -0.15) is 0 Å². The second kappa shape index (κ2) is 4.49. The van der Waals surface area contributed by atoms with Crippen LogP contribution in [0.3, 0.4) is 0 Å². The van der Waals surface area contributed by atoms with Crippen molar-refractivity contribution in [2.75, 3.05) is 0 Å². The maximum absolute atomic E-state index is 12.1. The number of halogens is 1. The lowest BCUT2D eigenvalue weighted by molar-refractivity contribution is 0.0935. The summed E-state index contributed by atoms with van der Waals surface area (Å²) in [5.74, 6) is 0.0148. The second-order valence-corrected chi connectivity index (χ2v) is 6.05. The van der Waals surface area contributed by atoms with Gasteiger partial charge in [0.05, 0.1) is 5.54 Å². The molecule has 0 radical (unpaired) electrons. The van der Waals surface area contributed by atoms with E-state index in [9.17, 15) is 4.79 Å². The van der Waals surface area contributed by atoms with Crippen molar-refractivity contribution < 1.29 is 4.79 Å². The Kier molecular flexibility index (Phi) is 2.94. The van der Waals surface area contributed by atoms with Gasteiger partial charge in [-0.25, -0.2) is 0 Å². The molecule has 96 valence electrons. The summed E-state index contributed by atoms with van der Waals surface area (Å²) in [4.78, 5) is 12.1. The summed E-state index contributed by atoms with van der Waals surface area (Å²) in [5.41, 5.74) is 2.73. The Morgan fingerprint density at radius 2 is 1.89 bits per heavy atom. The largest absolute Gasteiger partial charge is 0.342 e. The van der Waals surface area contributed by atoms with E-state index in [1.165, 1.54) is 5.56 Å². The lowest BCUT2D eigenvalue weighted by atomic mass is 9.86. The van der Waals surface area contributed by atoms with Gasteiger partial charge in [0.2, 0.25) is 0 Å². The van der Waals surface area contributed by atoms with Gasteiger partial charge in [-0.15, -0.1) is 0 Å². The number of hydrogen-bond donors (Lipinski definition) is 1. The molecule has 1 heterocycles. The van der Waals surface area contributed by atoms with E-state index in [0.29, 0.717) is 0 Å². The summed E-state index contributed by atoms with van der Waals surface area (Å²) in [6.07, 6.45) is 0.795. The highest BCUT2D eigenvalue weighted by Crippen LogP contribution is 2.35. The number of benzene rings is 2. The first-order valence-corrected chi connectivity index (χ1v) is 7.04. The molecule has 0 bridgehead atoms. The zero-order chi connectivity index (χ0) is 13.5. The third-order valence-corrected chi connectivity index (χ3v) is 4.10. The zero-order valence-electron chi connectivity index (χ0n) is 10.6. The number of hydrogen-bond acceptors (Lipinski definition) is 1. The summed E-state index contributed by atoms with van der Waals surface area (Å²) in [6.45, 7) is 2.08. The topological polar surface area (TPSA) is 29.1 Å². The SMILES string of the molecule is CC1(Cc2ccccc2)NC(=O)c2ccc(Br)cc21. The highest BCUT2D eigenvalue weighted by atomic mass is 79.9. The average Bonchev–Trinajstić information content (AvgIpc) is 2.62. The minimum atomic E-state index is -0.336. The fourth-order valence-corrected chi connectivity index (χ4v) is 3.06. The molecule has 2 aromatic rings. The third kappa shape index (κ3) is 2.19. The fraction of sp³-hybridized carbons (Fsp3) is 0.188. The van der Waals surface area contributed by atoms with E-state index in [1.807, 2.05) is 36.4 Å². The van der Waals surface area contributed by atoms with Gasteiger partial charge in [-0.1, -0.05) is 46.3 Å². The predicted octanol–water partition coefficient (Wildman–Crippen LogP) is 3.65. The first kappa shape index (κ1) is 12.4. The molecule has 19 heavy (non-hydrogen) atoms. The van der Waals surface area contributed by atoms with Gasteiger partial charge in [0, 0.05) is 10.0 Å². The van der Waals surface area contributed by atoms with Crippen molar-refractivity contribution in [3.63, 3.8) is 0 Å². The van der Waals surface area contributed by atoms with E-state index in [0.717, 1.165) is 22.0 Å². The third-order valence-electron chi connectivity index (χ3n) is 3.61. The van der Waals surface area contributed by atoms with Crippen LogP contribution >= 0.6 is 15.9 Å².